The predicted octanol–water partition coefficient (Wildman–Crippen LogP) is 2.02. The lowest BCUT2D eigenvalue weighted by molar-refractivity contribution is 0.609. The third-order valence-corrected chi connectivity index (χ3v) is 3.02. The Hall–Kier alpha value is -1.86. The highest BCUT2D eigenvalue weighted by Crippen LogP contribution is 2.17. The molecule has 0 aromatic carbocycles. The molecular weight excluding hydrogens is 224 g/mol. The van der Waals surface area contributed by atoms with Crippen molar-refractivity contribution in [2.75, 3.05) is 6.54 Å². The van der Waals surface area contributed by atoms with Crippen LogP contribution in [-0.2, 0) is 0 Å². The van der Waals surface area contributed by atoms with Crippen molar-refractivity contribution in [3.63, 3.8) is 0 Å². The summed E-state index contributed by atoms with van der Waals surface area (Å²) in [6, 6.07) is 2.20. The van der Waals surface area contributed by atoms with Crippen molar-refractivity contribution in [3.05, 3.63) is 29.2 Å². The van der Waals surface area contributed by atoms with Crippen LogP contribution in [-0.4, -0.2) is 21.1 Å². The van der Waals surface area contributed by atoms with E-state index in [0.717, 1.165) is 22.6 Å². The summed E-state index contributed by atoms with van der Waals surface area (Å²) in [5.41, 5.74) is 4.16. The quantitative estimate of drug-likeness (QED) is 0.837. The van der Waals surface area contributed by atoms with Gasteiger partial charge in [0.15, 0.2) is 5.65 Å². The van der Waals surface area contributed by atoms with Crippen LogP contribution in [0.25, 0.3) is 5.65 Å². The number of nitrogens with zero attached hydrogens (tertiary/aromatic N) is 3. The van der Waals surface area contributed by atoms with Crippen LogP contribution in [0.2, 0.25) is 0 Å². The van der Waals surface area contributed by atoms with Crippen molar-refractivity contribution in [2.24, 2.45) is 0 Å². The van der Waals surface area contributed by atoms with Gasteiger partial charge in [-0.2, -0.15) is 5.10 Å². The molecule has 1 atom stereocenters. The van der Waals surface area contributed by atoms with Crippen molar-refractivity contribution < 1.29 is 0 Å². The summed E-state index contributed by atoms with van der Waals surface area (Å²) in [5.74, 6) is 5.88. The summed E-state index contributed by atoms with van der Waals surface area (Å²) < 4.78 is 1.90. The molecule has 18 heavy (non-hydrogen) atoms. The van der Waals surface area contributed by atoms with E-state index in [4.69, 9.17) is 0 Å². The van der Waals surface area contributed by atoms with E-state index >= 15 is 0 Å². The summed E-state index contributed by atoms with van der Waals surface area (Å²) in [7, 11) is 0. The molecule has 1 N–H and O–H groups in total. The van der Waals surface area contributed by atoms with Gasteiger partial charge in [-0.25, -0.2) is 9.50 Å². The van der Waals surface area contributed by atoms with E-state index in [0.29, 0.717) is 6.54 Å². The molecule has 0 aliphatic carbocycles. The summed E-state index contributed by atoms with van der Waals surface area (Å²) in [5, 5.41) is 7.81. The van der Waals surface area contributed by atoms with E-state index in [1.165, 1.54) is 0 Å². The van der Waals surface area contributed by atoms with Gasteiger partial charge in [-0.15, -0.1) is 5.92 Å². The van der Waals surface area contributed by atoms with Gasteiger partial charge in [0.2, 0.25) is 0 Å². The summed E-state index contributed by atoms with van der Waals surface area (Å²) in [4.78, 5) is 4.44. The molecule has 2 rings (SSSR count). The Morgan fingerprint density at radius 3 is 2.94 bits per heavy atom. The Morgan fingerprint density at radius 1 is 1.44 bits per heavy atom. The largest absolute Gasteiger partial charge is 0.299 e. The molecule has 0 aliphatic heterocycles. The maximum Gasteiger partial charge on any atom is 0.155 e. The lowest BCUT2D eigenvalue weighted by Crippen LogP contribution is -2.21. The van der Waals surface area contributed by atoms with Crippen LogP contribution in [0.4, 0.5) is 0 Å². The number of fused-ring (bicyclic) bond motifs is 1. The van der Waals surface area contributed by atoms with Crippen LogP contribution in [0.15, 0.2) is 12.3 Å². The number of aromatic nitrogens is 3. The molecule has 1 unspecified atom stereocenters. The van der Waals surface area contributed by atoms with Crippen LogP contribution >= 0.6 is 0 Å². The van der Waals surface area contributed by atoms with Gasteiger partial charge in [-0.05, 0) is 27.7 Å². The Kier molecular flexibility index (Phi) is 3.63. The highest BCUT2D eigenvalue weighted by Gasteiger charge is 2.12. The Morgan fingerprint density at radius 2 is 2.22 bits per heavy atom. The topological polar surface area (TPSA) is 42.2 Å². The molecule has 0 bridgehead atoms. The van der Waals surface area contributed by atoms with Gasteiger partial charge in [-0.3, -0.25) is 5.32 Å². The van der Waals surface area contributed by atoms with Gasteiger partial charge in [0, 0.05) is 29.6 Å². The first-order valence-electron chi connectivity index (χ1n) is 6.08. The molecule has 94 valence electrons. The van der Waals surface area contributed by atoms with Crippen molar-refractivity contribution in [1.29, 1.82) is 0 Å². The zero-order valence-corrected chi connectivity index (χ0v) is 11.3. The smallest absolute Gasteiger partial charge is 0.155 e. The fraction of sp³-hybridized carbons (Fsp3) is 0.429. The lowest BCUT2D eigenvalue weighted by Gasteiger charge is -2.15. The Bertz CT molecular complexity index is 616. The molecule has 0 aliphatic rings. The predicted molar refractivity (Wildman–Crippen MR) is 72.3 cm³/mol. The van der Waals surface area contributed by atoms with Crippen LogP contribution < -0.4 is 5.32 Å². The highest BCUT2D eigenvalue weighted by atomic mass is 15.3. The Labute approximate surface area is 107 Å². The summed E-state index contributed by atoms with van der Waals surface area (Å²) in [6.45, 7) is 8.70. The first-order chi connectivity index (χ1) is 8.63. The van der Waals surface area contributed by atoms with E-state index in [-0.39, 0.29) is 6.04 Å². The average molecular weight is 242 g/mol. The number of hydrogen-bond acceptors (Lipinski definition) is 3. The minimum atomic E-state index is 0.215. The van der Waals surface area contributed by atoms with Gasteiger partial charge >= 0.3 is 0 Å². The maximum absolute atomic E-state index is 4.45. The van der Waals surface area contributed by atoms with Gasteiger partial charge < -0.3 is 0 Å². The first-order valence-corrected chi connectivity index (χ1v) is 6.08. The van der Waals surface area contributed by atoms with Crippen molar-refractivity contribution >= 4 is 5.65 Å². The first kappa shape index (κ1) is 12.6. The molecule has 0 amide bonds. The zero-order valence-electron chi connectivity index (χ0n) is 11.3. The molecule has 2 aromatic rings. The summed E-state index contributed by atoms with van der Waals surface area (Å²) >= 11 is 0. The highest BCUT2D eigenvalue weighted by molar-refractivity contribution is 5.42. The van der Waals surface area contributed by atoms with E-state index < -0.39 is 0 Å². The van der Waals surface area contributed by atoms with Crippen LogP contribution in [0.1, 0.15) is 36.8 Å². The number of aryl methyl sites for hydroxylation is 2. The minimum absolute atomic E-state index is 0.215. The van der Waals surface area contributed by atoms with Crippen LogP contribution in [0.3, 0.4) is 0 Å². The second-order valence-electron chi connectivity index (χ2n) is 4.38. The number of hydrogen-bond donors (Lipinski definition) is 1. The maximum atomic E-state index is 4.45. The van der Waals surface area contributed by atoms with Gasteiger partial charge in [0.25, 0.3) is 0 Å². The minimum Gasteiger partial charge on any atom is -0.299 e. The Balaban J connectivity index is 2.32. The van der Waals surface area contributed by atoms with Crippen molar-refractivity contribution in [1.82, 2.24) is 19.9 Å². The van der Waals surface area contributed by atoms with Gasteiger partial charge in [0.05, 0.1) is 12.2 Å². The molecule has 2 heterocycles. The molecule has 0 saturated heterocycles. The molecule has 2 aromatic heterocycles. The molecule has 0 radical (unpaired) electrons. The number of rotatable bonds is 3. The van der Waals surface area contributed by atoms with Crippen LogP contribution in [0.5, 0.6) is 0 Å². The van der Waals surface area contributed by atoms with Gasteiger partial charge in [0.1, 0.15) is 0 Å². The normalized spacial score (nSPS) is 12.2. The van der Waals surface area contributed by atoms with Gasteiger partial charge in [-0.1, -0.05) is 5.92 Å². The number of nitrogens with one attached hydrogen (secondary N) is 1. The zero-order chi connectivity index (χ0) is 13.1. The summed E-state index contributed by atoms with van der Waals surface area (Å²) in [6.07, 6.45) is 1.92. The monoisotopic (exact) mass is 242 g/mol. The fourth-order valence-electron chi connectivity index (χ4n) is 2.00. The molecule has 0 spiro atoms. The van der Waals surface area contributed by atoms with E-state index in [9.17, 15) is 0 Å². The van der Waals surface area contributed by atoms with E-state index in [2.05, 4.69) is 41.1 Å². The molecule has 4 nitrogen and oxygen atoms in total. The standard InChI is InChI=1S/C14H18N4/c1-5-6-7-15-11(3)13-9-16-14-8-10(2)17-18(14)12(13)4/h8-9,11,15H,7H2,1-4H3. The second kappa shape index (κ2) is 5.19. The molecule has 0 fully saturated rings. The molecular formula is C14H18N4. The van der Waals surface area contributed by atoms with E-state index in [1.807, 2.05) is 30.6 Å². The second-order valence-corrected chi connectivity index (χ2v) is 4.38. The van der Waals surface area contributed by atoms with Crippen molar-refractivity contribution in [3.8, 4) is 11.8 Å². The van der Waals surface area contributed by atoms with E-state index in [1.54, 1.807) is 0 Å². The third kappa shape index (κ3) is 2.36. The molecule has 0 saturated carbocycles. The average Bonchev–Trinajstić information content (AvgIpc) is 2.71. The SMILES string of the molecule is CC#CCNC(C)c1cnc2cc(C)nn2c1C. The lowest BCUT2D eigenvalue weighted by atomic mass is 10.1. The van der Waals surface area contributed by atoms with Crippen molar-refractivity contribution in [2.45, 2.75) is 33.7 Å². The third-order valence-electron chi connectivity index (χ3n) is 3.02. The fourth-order valence-corrected chi connectivity index (χ4v) is 2.00. The molecule has 4 heteroatoms. The van der Waals surface area contributed by atoms with Crippen LogP contribution in [0, 0.1) is 25.7 Å².